The number of nitrogens with one attached hydrogen (secondary N) is 2. The summed E-state index contributed by atoms with van der Waals surface area (Å²) in [6.07, 6.45) is 6.28. The first-order valence-corrected chi connectivity index (χ1v) is 10.6. The second-order valence-electron chi connectivity index (χ2n) is 7.31. The second kappa shape index (κ2) is 8.67. The standard InChI is InChI=1S/C21H25N5OS/c22-19-18-4-2-15(11-16(18)7-10-24-19)12-25-20(27)21-26-17(13-28-21)3-1-14-5-8-23-9-6-14/h2,4,7,10-11,13-14,23H,1,3,5-6,8-9,12H2,(H2,22,24)(H,25,27). The SMILES string of the molecule is Nc1nccc2cc(CNC(=O)c3nc(CCC4CCNCC4)cs3)ccc12. The van der Waals surface area contributed by atoms with Gasteiger partial charge in [0, 0.05) is 23.5 Å². The van der Waals surface area contributed by atoms with Crippen LogP contribution in [-0.4, -0.2) is 29.0 Å². The van der Waals surface area contributed by atoms with Crippen molar-refractivity contribution in [2.75, 3.05) is 18.8 Å². The smallest absolute Gasteiger partial charge is 0.280 e. The minimum Gasteiger partial charge on any atom is -0.383 e. The van der Waals surface area contributed by atoms with Crippen LogP contribution in [0.1, 0.15) is 40.3 Å². The highest BCUT2D eigenvalue weighted by molar-refractivity contribution is 7.11. The third-order valence-electron chi connectivity index (χ3n) is 5.33. The summed E-state index contributed by atoms with van der Waals surface area (Å²) >= 11 is 1.42. The van der Waals surface area contributed by atoms with Crippen molar-refractivity contribution in [2.24, 2.45) is 5.92 Å². The first-order chi connectivity index (χ1) is 13.7. The molecule has 0 radical (unpaired) electrons. The summed E-state index contributed by atoms with van der Waals surface area (Å²) in [6, 6.07) is 7.86. The van der Waals surface area contributed by atoms with E-state index in [0.29, 0.717) is 17.4 Å². The van der Waals surface area contributed by atoms with Crippen molar-refractivity contribution in [3.05, 3.63) is 52.1 Å². The van der Waals surface area contributed by atoms with Crippen molar-refractivity contribution < 1.29 is 4.79 Å². The van der Waals surface area contributed by atoms with Gasteiger partial charge in [0.2, 0.25) is 0 Å². The first kappa shape index (κ1) is 18.8. The Morgan fingerprint density at radius 2 is 2.14 bits per heavy atom. The highest BCUT2D eigenvalue weighted by Crippen LogP contribution is 2.21. The zero-order valence-electron chi connectivity index (χ0n) is 15.8. The molecule has 146 valence electrons. The van der Waals surface area contributed by atoms with Gasteiger partial charge in [-0.1, -0.05) is 12.1 Å². The van der Waals surface area contributed by atoms with Gasteiger partial charge < -0.3 is 16.4 Å². The fourth-order valence-electron chi connectivity index (χ4n) is 3.67. The monoisotopic (exact) mass is 395 g/mol. The van der Waals surface area contributed by atoms with Gasteiger partial charge in [0.05, 0.1) is 5.69 Å². The number of fused-ring (bicyclic) bond motifs is 1. The van der Waals surface area contributed by atoms with Gasteiger partial charge in [-0.3, -0.25) is 4.79 Å². The van der Waals surface area contributed by atoms with Crippen LogP contribution in [0, 0.1) is 5.92 Å². The van der Waals surface area contributed by atoms with Crippen LogP contribution in [0.25, 0.3) is 10.8 Å². The lowest BCUT2D eigenvalue weighted by Gasteiger charge is -2.21. The summed E-state index contributed by atoms with van der Waals surface area (Å²) in [4.78, 5) is 21.1. The molecule has 28 heavy (non-hydrogen) atoms. The molecular formula is C21H25N5OS. The zero-order valence-corrected chi connectivity index (χ0v) is 16.6. The molecule has 0 aliphatic carbocycles. The molecule has 0 spiro atoms. The molecule has 3 heterocycles. The molecule has 0 atom stereocenters. The lowest BCUT2D eigenvalue weighted by Crippen LogP contribution is -2.27. The van der Waals surface area contributed by atoms with Crippen LogP contribution >= 0.6 is 11.3 Å². The normalized spacial score (nSPS) is 15.0. The van der Waals surface area contributed by atoms with Crippen LogP contribution in [0.4, 0.5) is 5.82 Å². The first-order valence-electron chi connectivity index (χ1n) is 9.75. The Morgan fingerprint density at radius 1 is 1.29 bits per heavy atom. The van der Waals surface area contributed by atoms with Crippen molar-refractivity contribution in [2.45, 2.75) is 32.2 Å². The average Bonchev–Trinajstić information content (AvgIpc) is 3.20. The molecule has 1 amide bonds. The minimum absolute atomic E-state index is 0.118. The van der Waals surface area contributed by atoms with Gasteiger partial charge in [0.1, 0.15) is 5.82 Å². The van der Waals surface area contributed by atoms with E-state index in [4.69, 9.17) is 5.73 Å². The summed E-state index contributed by atoms with van der Waals surface area (Å²) < 4.78 is 0. The number of hydrogen-bond donors (Lipinski definition) is 3. The van der Waals surface area contributed by atoms with E-state index in [1.165, 1.54) is 24.2 Å². The lowest BCUT2D eigenvalue weighted by atomic mass is 9.93. The van der Waals surface area contributed by atoms with E-state index in [9.17, 15) is 4.79 Å². The molecule has 0 bridgehead atoms. The second-order valence-corrected chi connectivity index (χ2v) is 8.17. The molecule has 1 aliphatic heterocycles. The average molecular weight is 396 g/mol. The molecule has 3 aromatic rings. The Hall–Kier alpha value is -2.51. The molecule has 4 rings (SSSR count). The number of piperidine rings is 1. The van der Waals surface area contributed by atoms with Crippen molar-refractivity contribution in [1.29, 1.82) is 0 Å². The molecule has 0 unspecified atom stereocenters. The molecule has 6 nitrogen and oxygen atoms in total. The summed E-state index contributed by atoms with van der Waals surface area (Å²) in [5.74, 6) is 1.18. The van der Waals surface area contributed by atoms with E-state index in [2.05, 4.69) is 20.6 Å². The number of anilines is 1. The van der Waals surface area contributed by atoms with Gasteiger partial charge in [-0.15, -0.1) is 11.3 Å². The number of nitrogens with two attached hydrogens (primary N) is 1. The van der Waals surface area contributed by atoms with Crippen LogP contribution in [0.15, 0.2) is 35.8 Å². The minimum atomic E-state index is -0.118. The van der Waals surface area contributed by atoms with E-state index >= 15 is 0 Å². The molecule has 7 heteroatoms. The van der Waals surface area contributed by atoms with Crippen molar-refractivity contribution >= 4 is 33.8 Å². The number of rotatable bonds is 6. The Bertz CT molecular complexity index is 964. The van der Waals surface area contributed by atoms with Crippen LogP contribution in [0.3, 0.4) is 0 Å². The third kappa shape index (κ3) is 4.48. The number of aryl methyl sites for hydroxylation is 1. The van der Waals surface area contributed by atoms with Crippen LogP contribution < -0.4 is 16.4 Å². The number of pyridine rings is 1. The predicted molar refractivity (Wildman–Crippen MR) is 113 cm³/mol. The Morgan fingerprint density at radius 3 is 3.00 bits per heavy atom. The Balaban J connectivity index is 1.32. The number of carbonyl (C=O) groups is 1. The highest BCUT2D eigenvalue weighted by Gasteiger charge is 2.15. The number of nitrogens with zero attached hydrogens (tertiary/aromatic N) is 2. The molecule has 1 fully saturated rings. The summed E-state index contributed by atoms with van der Waals surface area (Å²) in [5, 5.41) is 10.9. The van der Waals surface area contributed by atoms with Crippen LogP contribution in [0.5, 0.6) is 0 Å². The fraction of sp³-hybridized carbons (Fsp3) is 0.381. The summed E-state index contributed by atoms with van der Waals surface area (Å²) in [5.41, 5.74) is 7.94. The quantitative estimate of drug-likeness (QED) is 0.596. The molecule has 0 saturated carbocycles. The predicted octanol–water partition coefficient (Wildman–Crippen LogP) is 3.14. The molecular weight excluding hydrogens is 370 g/mol. The number of nitrogen functional groups attached to an aromatic ring is 1. The van der Waals surface area contributed by atoms with Gasteiger partial charge in [-0.2, -0.15) is 0 Å². The topological polar surface area (TPSA) is 92.9 Å². The van der Waals surface area contributed by atoms with E-state index in [-0.39, 0.29) is 5.91 Å². The van der Waals surface area contributed by atoms with E-state index < -0.39 is 0 Å². The van der Waals surface area contributed by atoms with E-state index in [1.54, 1.807) is 6.20 Å². The molecule has 2 aromatic heterocycles. The van der Waals surface area contributed by atoms with Crippen molar-refractivity contribution in [3.63, 3.8) is 0 Å². The van der Waals surface area contributed by atoms with Crippen LogP contribution in [-0.2, 0) is 13.0 Å². The molecule has 1 aliphatic rings. The number of hydrogen-bond acceptors (Lipinski definition) is 6. The highest BCUT2D eigenvalue weighted by atomic mass is 32.1. The number of amides is 1. The van der Waals surface area contributed by atoms with Gasteiger partial charge in [-0.05, 0) is 67.8 Å². The Kier molecular flexibility index (Phi) is 5.83. The number of carbonyl (C=O) groups excluding carboxylic acids is 1. The van der Waals surface area contributed by atoms with E-state index in [1.807, 2.05) is 29.6 Å². The zero-order chi connectivity index (χ0) is 19.3. The van der Waals surface area contributed by atoms with Crippen molar-refractivity contribution in [1.82, 2.24) is 20.6 Å². The van der Waals surface area contributed by atoms with Gasteiger partial charge in [-0.25, -0.2) is 9.97 Å². The Labute approximate surface area is 168 Å². The lowest BCUT2D eigenvalue weighted by molar-refractivity contribution is 0.0950. The molecule has 4 N–H and O–H groups in total. The molecule has 1 aromatic carbocycles. The summed E-state index contributed by atoms with van der Waals surface area (Å²) in [7, 11) is 0. The van der Waals surface area contributed by atoms with Gasteiger partial charge in [0.25, 0.3) is 5.91 Å². The fourth-order valence-corrected chi connectivity index (χ4v) is 4.43. The van der Waals surface area contributed by atoms with Crippen molar-refractivity contribution in [3.8, 4) is 0 Å². The summed E-state index contributed by atoms with van der Waals surface area (Å²) in [6.45, 7) is 2.70. The van der Waals surface area contributed by atoms with E-state index in [0.717, 1.165) is 53.9 Å². The third-order valence-corrected chi connectivity index (χ3v) is 6.22. The number of thiazole rings is 1. The maximum absolute atomic E-state index is 12.5. The maximum atomic E-state index is 12.5. The maximum Gasteiger partial charge on any atom is 0.280 e. The number of benzene rings is 1. The largest absolute Gasteiger partial charge is 0.383 e. The van der Waals surface area contributed by atoms with Crippen LogP contribution in [0.2, 0.25) is 0 Å². The van der Waals surface area contributed by atoms with Gasteiger partial charge >= 0.3 is 0 Å². The molecule has 1 saturated heterocycles. The van der Waals surface area contributed by atoms with Gasteiger partial charge in [0.15, 0.2) is 5.01 Å². The number of aromatic nitrogens is 2.